The van der Waals surface area contributed by atoms with Gasteiger partial charge in [-0.3, -0.25) is 4.79 Å². The first-order chi connectivity index (χ1) is 9.41. The lowest BCUT2D eigenvalue weighted by molar-refractivity contribution is -0.157. The second kappa shape index (κ2) is 5.83. The second-order valence-corrected chi connectivity index (χ2v) is 4.85. The van der Waals surface area contributed by atoms with Crippen LogP contribution in [0.3, 0.4) is 0 Å². The fourth-order valence-corrected chi connectivity index (χ4v) is 2.40. The van der Waals surface area contributed by atoms with Gasteiger partial charge in [-0.1, -0.05) is 19.1 Å². The van der Waals surface area contributed by atoms with Gasteiger partial charge in [-0.25, -0.2) is 0 Å². The van der Waals surface area contributed by atoms with Crippen LogP contribution in [0.25, 0.3) is 0 Å². The number of benzene rings is 1. The number of anilines is 1. The zero-order chi connectivity index (χ0) is 14.8. The van der Waals surface area contributed by atoms with Gasteiger partial charge in [-0.15, -0.1) is 0 Å². The van der Waals surface area contributed by atoms with E-state index in [0.717, 1.165) is 5.56 Å². The molecule has 0 spiro atoms. The minimum absolute atomic E-state index is 0.0874. The molecule has 0 saturated heterocycles. The highest BCUT2D eigenvalue weighted by Crippen LogP contribution is 2.35. The fourth-order valence-electron chi connectivity index (χ4n) is 2.40. The van der Waals surface area contributed by atoms with E-state index in [1.165, 1.54) is 6.07 Å². The largest absolute Gasteiger partial charge is 0.407 e. The van der Waals surface area contributed by atoms with Crippen molar-refractivity contribution in [1.82, 2.24) is 5.32 Å². The van der Waals surface area contributed by atoms with Gasteiger partial charge >= 0.3 is 6.18 Å². The fraction of sp³-hybridized carbons (Fsp3) is 0.500. The molecule has 2 N–H and O–H groups in total. The van der Waals surface area contributed by atoms with Crippen molar-refractivity contribution in [3.05, 3.63) is 29.3 Å². The normalized spacial score (nSPS) is 17.1. The number of rotatable bonds is 3. The summed E-state index contributed by atoms with van der Waals surface area (Å²) in [4.78, 5) is 11.4. The standard InChI is InChI=1S/C14H17F3N2O/c1-2-18-13(14(15,16)17)10-6-7-11-9(8-10)4-3-5-12(20)19-11/h6-8,13,18H,2-5H2,1H3,(H,19,20). The Hall–Kier alpha value is -1.56. The monoisotopic (exact) mass is 286 g/mol. The van der Waals surface area contributed by atoms with Gasteiger partial charge in [0.1, 0.15) is 6.04 Å². The third-order valence-electron chi connectivity index (χ3n) is 3.32. The average Bonchev–Trinajstić information content (AvgIpc) is 2.54. The highest BCUT2D eigenvalue weighted by Gasteiger charge is 2.40. The summed E-state index contributed by atoms with van der Waals surface area (Å²) in [5.41, 5.74) is 1.57. The maximum atomic E-state index is 13.0. The molecule has 1 aliphatic heterocycles. The Morgan fingerprint density at radius 3 is 2.75 bits per heavy atom. The Kier molecular flexibility index (Phi) is 4.32. The van der Waals surface area contributed by atoms with Crippen LogP contribution in [0.4, 0.5) is 18.9 Å². The van der Waals surface area contributed by atoms with Gasteiger partial charge in [-0.2, -0.15) is 13.2 Å². The van der Waals surface area contributed by atoms with Crippen LogP contribution in [0.15, 0.2) is 18.2 Å². The van der Waals surface area contributed by atoms with Crippen molar-refractivity contribution in [2.45, 2.75) is 38.4 Å². The quantitative estimate of drug-likeness (QED) is 0.896. The maximum absolute atomic E-state index is 13.0. The van der Waals surface area contributed by atoms with Crippen molar-refractivity contribution in [2.24, 2.45) is 0 Å². The summed E-state index contributed by atoms with van der Waals surface area (Å²) in [7, 11) is 0. The number of alkyl halides is 3. The van der Waals surface area contributed by atoms with Gasteiger partial charge in [0.05, 0.1) is 0 Å². The Morgan fingerprint density at radius 2 is 2.10 bits per heavy atom. The number of halogens is 3. The van der Waals surface area contributed by atoms with Crippen LogP contribution in [0.1, 0.15) is 36.9 Å². The van der Waals surface area contributed by atoms with Crippen molar-refractivity contribution in [1.29, 1.82) is 0 Å². The molecule has 0 fully saturated rings. The van der Waals surface area contributed by atoms with E-state index in [2.05, 4.69) is 10.6 Å². The first-order valence-corrected chi connectivity index (χ1v) is 6.64. The molecule has 20 heavy (non-hydrogen) atoms. The molecule has 1 atom stereocenters. The SMILES string of the molecule is CCNC(c1ccc2c(c1)CCCC(=O)N2)C(F)(F)F. The molecule has 0 aromatic heterocycles. The minimum atomic E-state index is -4.34. The summed E-state index contributed by atoms with van der Waals surface area (Å²) >= 11 is 0. The lowest BCUT2D eigenvalue weighted by atomic mass is 9.99. The molecule has 0 aliphatic carbocycles. The number of carbonyl (C=O) groups is 1. The van der Waals surface area contributed by atoms with E-state index >= 15 is 0 Å². The summed E-state index contributed by atoms with van der Waals surface area (Å²) in [5.74, 6) is -0.0874. The number of fused-ring (bicyclic) bond motifs is 1. The highest BCUT2D eigenvalue weighted by atomic mass is 19.4. The molecule has 6 heteroatoms. The Balaban J connectivity index is 2.34. The zero-order valence-corrected chi connectivity index (χ0v) is 11.2. The van der Waals surface area contributed by atoms with Crippen molar-refractivity contribution in [3.8, 4) is 0 Å². The molecule has 1 unspecified atom stereocenters. The van der Waals surface area contributed by atoms with E-state index in [1.807, 2.05) is 0 Å². The van der Waals surface area contributed by atoms with Crippen LogP contribution < -0.4 is 10.6 Å². The molecule has 1 heterocycles. The smallest absolute Gasteiger partial charge is 0.326 e. The predicted octanol–water partition coefficient (Wildman–Crippen LogP) is 3.17. The Labute approximate surface area is 115 Å². The molecular weight excluding hydrogens is 269 g/mol. The number of aryl methyl sites for hydroxylation is 1. The van der Waals surface area contributed by atoms with E-state index in [4.69, 9.17) is 0 Å². The number of hydrogen-bond donors (Lipinski definition) is 2. The molecule has 110 valence electrons. The van der Waals surface area contributed by atoms with Crippen LogP contribution in [0.2, 0.25) is 0 Å². The third-order valence-corrected chi connectivity index (χ3v) is 3.32. The van der Waals surface area contributed by atoms with Crippen LogP contribution in [0.5, 0.6) is 0 Å². The highest BCUT2D eigenvalue weighted by molar-refractivity contribution is 5.92. The maximum Gasteiger partial charge on any atom is 0.407 e. The van der Waals surface area contributed by atoms with Gasteiger partial charge in [0.2, 0.25) is 5.91 Å². The van der Waals surface area contributed by atoms with Crippen LogP contribution in [-0.4, -0.2) is 18.6 Å². The number of hydrogen-bond acceptors (Lipinski definition) is 2. The summed E-state index contributed by atoms with van der Waals surface area (Å²) < 4.78 is 39.1. The minimum Gasteiger partial charge on any atom is -0.326 e. The van der Waals surface area contributed by atoms with E-state index in [-0.39, 0.29) is 18.0 Å². The molecule has 1 amide bonds. The summed E-state index contributed by atoms with van der Waals surface area (Å²) in [6.07, 6.45) is -2.67. The third kappa shape index (κ3) is 3.30. The zero-order valence-electron chi connectivity index (χ0n) is 11.2. The van der Waals surface area contributed by atoms with Gasteiger partial charge in [0, 0.05) is 12.1 Å². The van der Waals surface area contributed by atoms with Crippen molar-refractivity contribution in [3.63, 3.8) is 0 Å². The molecule has 1 aliphatic rings. The summed E-state index contributed by atoms with van der Waals surface area (Å²) in [6, 6.07) is 2.86. The first-order valence-electron chi connectivity index (χ1n) is 6.64. The van der Waals surface area contributed by atoms with E-state index in [0.29, 0.717) is 24.9 Å². The van der Waals surface area contributed by atoms with Crippen LogP contribution in [0, 0.1) is 0 Å². The Morgan fingerprint density at radius 1 is 1.35 bits per heavy atom. The number of amides is 1. The first kappa shape index (κ1) is 14.8. The van der Waals surface area contributed by atoms with Gasteiger partial charge in [0.15, 0.2) is 0 Å². The van der Waals surface area contributed by atoms with Crippen LogP contribution >= 0.6 is 0 Å². The molecule has 1 aromatic carbocycles. The molecule has 1 aromatic rings. The average molecular weight is 286 g/mol. The van der Waals surface area contributed by atoms with Crippen LogP contribution in [-0.2, 0) is 11.2 Å². The van der Waals surface area contributed by atoms with Crippen molar-refractivity contribution in [2.75, 3.05) is 11.9 Å². The molecule has 0 bridgehead atoms. The summed E-state index contributed by atoms with van der Waals surface area (Å²) in [6.45, 7) is 1.88. The topological polar surface area (TPSA) is 41.1 Å². The van der Waals surface area contributed by atoms with Gasteiger partial charge < -0.3 is 10.6 Å². The number of carbonyl (C=O) groups excluding carboxylic acids is 1. The molecule has 0 saturated carbocycles. The predicted molar refractivity (Wildman–Crippen MR) is 70.5 cm³/mol. The van der Waals surface area contributed by atoms with Crippen molar-refractivity contribution >= 4 is 11.6 Å². The van der Waals surface area contributed by atoms with Gasteiger partial charge in [-0.05, 0) is 36.6 Å². The second-order valence-electron chi connectivity index (χ2n) is 4.85. The van der Waals surface area contributed by atoms with Gasteiger partial charge in [0.25, 0.3) is 0 Å². The molecule has 2 rings (SSSR count). The number of nitrogens with one attached hydrogen (secondary N) is 2. The van der Waals surface area contributed by atoms with Crippen molar-refractivity contribution < 1.29 is 18.0 Å². The molecule has 0 radical (unpaired) electrons. The molecular formula is C14H17F3N2O. The molecule has 3 nitrogen and oxygen atoms in total. The van der Waals surface area contributed by atoms with E-state index in [9.17, 15) is 18.0 Å². The lowest BCUT2D eigenvalue weighted by Gasteiger charge is -2.22. The lowest BCUT2D eigenvalue weighted by Crippen LogP contribution is -2.34. The van der Waals surface area contributed by atoms with E-state index in [1.54, 1.807) is 19.1 Å². The summed E-state index contributed by atoms with van der Waals surface area (Å²) in [5, 5.41) is 5.18. The van der Waals surface area contributed by atoms with E-state index < -0.39 is 12.2 Å². The Bertz CT molecular complexity index is 500.